The quantitative estimate of drug-likeness (QED) is 0.769. The van der Waals surface area contributed by atoms with Gasteiger partial charge in [0.15, 0.2) is 0 Å². The van der Waals surface area contributed by atoms with Gasteiger partial charge < -0.3 is 10.1 Å². The van der Waals surface area contributed by atoms with Gasteiger partial charge in [-0.1, -0.05) is 37.3 Å². The summed E-state index contributed by atoms with van der Waals surface area (Å²) in [7, 11) is 0. The van der Waals surface area contributed by atoms with E-state index >= 15 is 0 Å². The fourth-order valence-corrected chi connectivity index (χ4v) is 1.82. The van der Waals surface area contributed by atoms with Crippen LogP contribution in [0.3, 0.4) is 0 Å². The van der Waals surface area contributed by atoms with E-state index in [1.807, 2.05) is 37.3 Å². The van der Waals surface area contributed by atoms with Gasteiger partial charge in [-0.05, 0) is 18.9 Å². The van der Waals surface area contributed by atoms with E-state index in [2.05, 4.69) is 5.32 Å². The van der Waals surface area contributed by atoms with Crippen LogP contribution in [0.15, 0.2) is 30.3 Å². The second-order valence-corrected chi connectivity index (χ2v) is 4.29. The number of nitrogens with one attached hydrogen (secondary N) is 1. The van der Waals surface area contributed by atoms with Crippen LogP contribution < -0.4 is 5.32 Å². The molecule has 1 N–H and O–H groups in total. The van der Waals surface area contributed by atoms with Crippen molar-refractivity contribution in [3.63, 3.8) is 0 Å². The lowest BCUT2D eigenvalue weighted by Gasteiger charge is -2.18. The Morgan fingerprint density at radius 3 is 2.47 bits per heavy atom. The molecule has 0 fully saturated rings. The third-order valence-corrected chi connectivity index (χ3v) is 2.69. The summed E-state index contributed by atoms with van der Waals surface area (Å²) in [4.78, 5) is 23.3. The number of amides is 1. The van der Waals surface area contributed by atoms with Crippen LogP contribution in [0, 0.1) is 0 Å². The Morgan fingerprint density at radius 1 is 1.21 bits per heavy atom. The second kappa shape index (κ2) is 8.29. The summed E-state index contributed by atoms with van der Waals surface area (Å²) < 4.78 is 4.95. The van der Waals surface area contributed by atoms with Gasteiger partial charge in [0.2, 0.25) is 5.91 Å². The zero-order valence-electron chi connectivity index (χ0n) is 11.5. The first-order valence-electron chi connectivity index (χ1n) is 6.67. The van der Waals surface area contributed by atoms with Crippen molar-refractivity contribution in [1.29, 1.82) is 0 Å². The molecule has 1 rings (SSSR count). The SMILES string of the molecule is CCCC(=O)N[C@@H](CC(=O)OCC)c1ccccc1. The van der Waals surface area contributed by atoms with Crippen LogP contribution in [-0.2, 0) is 14.3 Å². The number of hydrogen-bond acceptors (Lipinski definition) is 3. The number of carbonyl (C=O) groups is 2. The highest BCUT2D eigenvalue weighted by atomic mass is 16.5. The first-order valence-corrected chi connectivity index (χ1v) is 6.67. The van der Waals surface area contributed by atoms with Crippen molar-refractivity contribution in [3.8, 4) is 0 Å². The molecule has 0 saturated carbocycles. The molecule has 0 unspecified atom stereocenters. The smallest absolute Gasteiger partial charge is 0.308 e. The second-order valence-electron chi connectivity index (χ2n) is 4.29. The van der Waals surface area contributed by atoms with Gasteiger partial charge in [0.1, 0.15) is 0 Å². The lowest BCUT2D eigenvalue weighted by Crippen LogP contribution is -2.30. The standard InChI is InChI=1S/C15H21NO3/c1-3-8-14(17)16-13(11-15(18)19-4-2)12-9-6-5-7-10-12/h5-7,9-10,13H,3-4,8,11H2,1-2H3,(H,16,17)/t13-/m0/s1. The maximum absolute atomic E-state index is 11.7. The summed E-state index contributed by atoms with van der Waals surface area (Å²) in [5, 5.41) is 2.88. The van der Waals surface area contributed by atoms with Crippen molar-refractivity contribution in [1.82, 2.24) is 5.32 Å². The number of rotatable bonds is 7. The third-order valence-electron chi connectivity index (χ3n) is 2.69. The van der Waals surface area contributed by atoms with Crippen LogP contribution in [0.4, 0.5) is 0 Å². The van der Waals surface area contributed by atoms with Gasteiger partial charge >= 0.3 is 5.97 Å². The summed E-state index contributed by atoms with van der Waals surface area (Å²) in [6.07, 6.45) is 1.41. The van der Waals surface area contributed by atoms with Crippen LogP contribution in [-0.4, -0.2) is 18.5 Å². The molecule has 1 amide bonds. The summed E-state index contributed by atoms with van der Waals surface area (Å²) >= 11 is 0. The topological polar surface area (TPSA) is 55.4 Å². The molecule has 19 heavy (non-hydrogen) atoms. The zero-order valence-corrected chi connectivity index (χ0v) is 11.5. The molecule has 1 aromatic rings. The molecular formula is C15H21NO3. The van der Waals surface area contributed by atoms with Gasteiger partial charge in [0.25, 0.3) is 0 Å². The van der Waals surface area contributed by atoms with Crippen molar-refractivity contribution in [2.75, 3.05) is 6.61 Å². The average molecular weight is 263 g/mol. The fraction of sp³-hybridized carbons (Fsp3) is 0.467. The van der Waals surface area contributed by atoms with Crippen LogP contribution in [0.1, 0.15) is 44.7 Å². The van der Waals surface area contributed by atoms with Crippen molar-refractivity contribution in [2.24, 2.45) is 0 Å². The van der Waals surface area contributed by atoms with Crippen LogP contribution >= 0.6 is 0 Å². The first kappa shape index (κ1) is 15.2. The summed E-state index contributed by atoms with van der Waals surface area (Å²) in [5.41, 5.74) is 0.917. The predicted octanol–water partition coefficient (Wildman–Crippen LogP) is 2.60. The fourth-order valence-electron chi connectivity index (χ4n) is 1.82. The van der Waals surface area contributed by atoms with Gasteiger partial charge in [-0.2, -0.15) is 0 Å². The summed E-state index contributed by atoms with van der Waals surface area (Å²) in [5.74, 6) is -0.339. The number of benzene rings is 1. The van der Waals surface area contributed by atoms with E-state index in [1.165, 1.54) is 0 Å². The molecule has 1 atom stereocenters. The third kappa shape index (κ3) is 5.55. The van der Waals surface area contributed by atoms with Gasteiger partial charge in [0.05, 0.1) is 19.1 Å². The Balaban J connectivity index is 2.73. The molecule has 4 heteroatoms. The monoisotopic (exact) mass is 263 g/mol. The Labute approximate surface area is 114 Å². The van der Waals surface area contributed by atoms with E-state index < -0.39 is 0 Å². The molecule has 0 aliphatic heterocycles. The summed E-state index contributed by atoms with van der Waals surface area (Å²) in [6.45, 7) is 4.07. The Morgan fingerprint density at radius 2 is 1.89 bits per heavy atom. The molecule has 0 saturated heterocycles. The van der Waals surface area contributed by atoms with Crippen molar-refractivity contribution in [2.45, 2.75) is 39.2 Å². The molecule has 1 aromatic carbocycles. The molecule has 4 nitrogen and oxygen atoms in total. The first-order chi connectivity index (χ1) is 9.17. The predicted molar refractivity (Wildman–Crippen MR) is 73.5 cm³/mol. The zero-order chi connectivity index (χ0) is 14.1. The Kier molecular flexibility index (Phi) is 6.64. The highest BCUT2D eigenvalue weighted by molar-refractivity contribution is 5.78. The van der Waals surface area contributed by atoms with Gasteiger partial charge in [-0.15, -0.1) is 0 Å². The van der Waals surface area contributed by atoms with Crippen LogP contribution in [0.2, 0.25) is 0 Å². The molecule has 0 aliphatic rings. The van der Waals surface area contributed by atoms with Gasteiger partial charge in [-0.3, -0.25) is 9.59 Å². The molecule has 0 spiro atoms. The number of esters is 1. The molecule has 0 bridgehead atoms. The minimum Gasteiger partial charge on any atom is -0.466 e. The van der Waals surface area contributed by atoms with E-state index in [4.69, 9.17) is 4.74 Å². The Hall–Kier alpha value is -1.84. The van der Waals surface area contributed by atoms with Crippen molar-refractivity contribution >= 4 is 11.9 Å². The molecule has 0 radical (unpaired) electrons. The minimum absolute atomic E-state index is 0.0411. The van der Waals surface area contributed by atoms with E-state index in [0.29, 0.717) is 13.0 Å². The van der Waals surface area contributed by atoms with Crippen LogP contribution in [0.5, 0.6) is 0 Å². The molecule has 104 valence electrons. The van der Waals surface area contributed by atoms with Crippen molar-refractivity contribution < 1.29 is 14.3 Å². The largest absolute Gasteiger partial charge is 0.466 e. The highest BCUT2D eigenvalue weighted by Gasteiger charge is 2.18. The van der Waals surface area contributed by atoms with Crippen LogP contribution in [0.25, 0.3) is 0 Å². The number of carbonyl (C=O) groups excluding carboxylic acids is 2. The molecule has 0 heterocycles. The number of ether oxygens (including phenoxy) is 1. The highest BCUT2D eigenvalue weighted by Crippen LogP contribution is 2.17. The maximum atomic E-state index is 11.7. The van der Waals surface area contributed by atoms with E-state index in [-0.39, 0.29) is 24.3 Å². The summed E-state index contributed by atoms with van der Waals surface area (Å²) in [6, 6.07) is 9.16. The minimum atomic E-state index is -0.320. The van der Waals surface area contributed by atoms with Gasteiger partial charge in [-0.25, -0.2) is 0 Å². The van der Waals surface area contributed by atoms with E-state index in [9.17, 15) is 9.59 Å². The average Bonchev–Trinajstić information content (AvgIpc) is 2.39. The Bertz CT molecular complexity index is 383. The van der Waals surface area contributed by atoms with E-state index in [0.717, 1.165) is 12.0 Å². The molecule has 0 aromatic heterocycles. The molecular weight excluding hydrogens is 242 g/mol. The normalized spacial score (nSPS) is 11.7. The maximum Gasteiger partial charge on any atom is 0.308 e. The lowest BCUT2D eigenvalue weighted by molar-refractivity contribution is -0.143. The lowest BCUT2D eigenvalue weighted by atomic mass is 10.0. The van der Waals surface area contributed by atoms with Gasteiger partial charge in [0, 0.05) is 6.42 Å². The van der Waals surface area contributed by atoms with E-state index in [1.54, 1.807) is 6.92 Å². The molecule has 0 aliphatic carbocycles. The number of hydrogen-bond donors (Lipinski definition) is 1. The van der Waals surface area contributed by atoms with Crippen molar-refractivity contribution in [3.05, 3.63) is 35.9 Å².